The highest BCUT2D eigenvalue weighted by molar-refractivity contribution is 4.66. The van der Waals surface area contributed by atoms with Crippen LogP contribution in [0.3, 0.4) is 0 Å². The van der Waals surface area contributed by atoms with Crippen LogP contribution < -0.4 is 0 Å². The number of aliphatic hydroxyl groups is 1. The van der Waals surface area contributed by atoms with Crippen molar-refractivity contribution in [1.29, 1.82) is 0 Å². The maximum atomic E-state index is 9.14. The zero-order chi connectivity index (χ0) is 8.85. The van der Waals surface area contributed by atoms with E-state index in [0.717, 1.165) is 19.5 Å². The van der Waals surface area contributed by atoms with E-state index in [0.29, 0.717) is 6.04 Å². The largest absolute Gasteiger partial charge is 0.393 e. The highest BCUT2D eigenvalue weighted by atomic mass is 16.3. The summed E-state index contributed by atoms with van der Waals surface area (Å²) in [6.07, 6.45) is 0.701. The van der Waals surface area contributed by atoms with Crippen LogP contribution in [-0.4, -0.2) is 35.2 Å². The Balaban J connectivity index is 3.68. The van der Waals surface area contributed by atoms with Crippen molar-refractivity contribution in [1.82, 2.24) is 4.90 Å². The minimum atomic E-state index is -0.175. The lowest BCUT2D eigenvalue weighted by molar-refractivity contribution is 0.126. The second-order valence-corrected chi connectivity index (χ2v) is 3.15. The third-order valence-corrected chi connectivity index (χ3v) is 2.12. The van der Waals surface area contributed by atoms with Gasteiger partial charge in [-0.05, 0) is 33.4 Å². The van der Waals surface area contributed by atoms with E-state index < -0.39 is 0 Å². The molecule has 0 radical (unpaired) electrons. The van der Waals surface area contributed by atoms with Gasteiger partial charge in [-0.1, -0.05) is 13.8 Å². The highest BCUT2D eigenvalue weighted by Crippen LogP contribution is 2.05. The Bertz CT molecular complexity index is 89.6. The molecular weight excluding hydrogens is 138 g/mol. The molecule has 0 saturated carbocycles. The monoisotopic (exact) mass is 159 g/mol. The van der Waals surface area contributed by atoms with Gasteiger partial charge in [0.15, 0.2) is 0 Å². The normalized spacial score (nSPS) is 16.9. The fraction of sp³-hybridized carbons (Fsp3) is 1.00. The van der Waals surface area contributed by atoms with Gasteiger partial charge in [-0.25, -0.2) is 0 Å². The van der Waals surface area contributed by atoms with E-state index in [-0.39, 0.29) is 6.10 Å². The van der Waals surface area contributed by atoms with Gasteiger partial charge < -0.3 is 10.0 Å². The van der Waals surface area contributed by atoms with E-state index in [1.54, 1.807) is 0 Å². The first-order valence-corrected chi connectivity index (χ1v) is 4.53. The molecule has 68 valence electrons. The SMILES string of the molecule is CCN(CC)[C@@H](C)C[C@@H](C)O. The molecule has 0 saturated heterocycles. The zero-order valence-electron chi connectivity index (χ0n) is 8.17. The van der Waals surface area contributed by atoms with Gasteiger partial charge in [-0.15, -0.1) is 0 Å². The smallest absolute Gasteiger partial charge is 0.0526 e. The number of aliphatic hydroxyl groups excluding tert-OH is 1. The van der Waals surface area contributed by atoms with E-state index in [9.17, 15) is 0 Å². The molecule has 1 N–H and O–H groups in total. The van der Waals surface area contributed by atoms with Crippen molar-refractivity contribution >= 4 is 0 Å². The molecule has 0 spiro atoms. The Labute approximate surface area is 70.2 Å². The van der Waals surface area contributed by atoms with Gasteiger partial charge in [0.05, 0.1) is 6.10 Å². The third kappa shape index (κ3) is 4.38. The van der Waals surface area contributed by atoms with Crippen LogP contribution in [-0.2, 0) is 0 Å². The van der Waals surface area contributed by atoms with Crippen molar-refractivity contribution < 1.29 is 5.11 Å². The fourth-order valence-corrected chi connectivity index (χ4v) is 1.49. The van der Waals surface area contributed by atoms with E-state index >= 15 is 0 Å². The molecule has 0 aromatic heterocycles. The summed E-state index contributed by atoms with van der Waals surface area (Å²) in [4.78, 5) is 2.35. The van der Waals surface area contributed by atoms with Crippen molar-refractivity contribution in [2.75, 3.05) is 13.1 Å². The third-order valence-electron chi connectivity index (χ3n) is 2.12. The van der Waals surface area contributed by atoms with Crippen LogP contribution in [0.2, 0.25) is 0 Å². The molecule has 0 aliphatic carbocycles. The molecule has 0 amide bonds. The lowest BCUT2D eigenvalue weighted by Crippen LogP contribution is -2.34. The van der Waals surface area contributed by atoms with Crippen LogP contribution in [0, 0.1) is 0 Å². The van der Waals surface area contributed by atoms with Crippen LogP contribution in [0.15, 0.2) is 0 Å². The summed E-state index contributed by atoms with van der Waals surface area (Å²) in [5.74, 6) is 0. The van der Waals surface area contributed by atoms with Crippen molar-refractivity contribution in [3.8, 4) is 0 Å². The minimum Gasteiger partial charge on any atom is -0.393 e. The van der Waals surface area contributed by atoms with Crippen molar-refractivity contribution in [2.24, 2.45) is 0 Å². The molecular formula is C9H21NO. The zero-order valence-corrected chi connectivity index (χ0v) is 8.17. The fourth-order valence-electron chi connectivity index (χ4n) is 1.49. The molecule has 2 nitrogen and oxygen atoms in total. The molecule has 0 fully saturated rings. The van der Waals surface area contributed by atoms with Crippen LogP contribution in [0.4, 0.5) is 0 Å². The summed E-state index contributed by atoms with van der Waals surface area (Å²) < 4.78 is 0. The summed E-state index contributed by atoms with van der Waals surface area (Å²) in [6, 6.07) is 0.505. The second kappa shape index (κ2) is 5.56. The van der Waals surface area contributed by atoms with Crippen molar-refractivity contribution in [2.45, 2.75) is 46.3 Å². The molecule has 2 heteroatoms. The lowest BCUT2D eigenvalue weighted by atomic mass is 10.1. The molecule has 2 atom stereocenters. The van der Waals surface area contributed by atoms with Gasteiger partial charge in [0.25, 0.3) is 0 Å². The molecule has 0 bridgehead atoms. The van der Waals surface area contributed by atoms with Gasteiger partial charge in [0.1, 0.15) is 0 Å². The highest BCUT2D eigenvalue weighted by Gasteiger charge is 2.11. The predicted octanol–water partition coefficient (Wildman–Crippen LogP) is 1.49. The standard InChI is InChI=1S/C9H21NO/c1-5-10(6-2)8(3)7-9(4)11/h8-9,11H,5-7H2,1-4H3/t8-,9+/m0/s1. The van der Waals surface area contributed by atoms with Gasteiger partial charge >= 0.3 is 0 Å². The molecule has 11 heavy (non-hydrogen) atoms. The number of rotatable bonds is 5. The lowest BCUT2D eigenvalue weighted by Gasteiger charge is -2.27. The van der Waals surface area contributed by atoms with Gasteiger partial charge in [0, 0.05) is 6.04 Å². The summed E-state index contributed by atoms with van der Waals surface area (Å²) in [7, 11) is 0. The van der Waals surface area contributed by atoms with Gasteiger partial charge in [-0.3, -0.25) is 0 Å². The molecule has 0 unspecified atom stereocenters. The Morgan fingerprint density at radius 1 is 1.18 bits per heavy atom. The summed E-state index contributed by atoms with van der Waals surface area (Å²) >= 11 is 0. The van der Waals surface area contributed by atoms with E-state index in [1.165, 1.54) is 0 Å². The maximum absolute atomic E-state index is 9.14. The minimum absolute atomic E-state index is 0.175. The van der Waals surface area contributed by atoms with Crippen LogP contribution in [0.25, 0.3) is 0 Å². The second-order valence-electron chi connectivity index (χ2n) is 3.15. The number of hydrogen-bond acceptors (Lipinski definition) is 2. The van der Waals surface area contributed by atoms with E-state index in [2.05, 4.69) is 25.7 Å². The van der Waals surface area contributed by atoms with Gasteiger partial charge in [-0.2, -0.15) is 0 Å². The molecule has 0 rings (SSSR count). The van der Waals surface area contributed by atoms with E-state index in [1.807, 2.05) is 6.92 Å². The quantitative estimate of drug-likeness (QED) is 0.657. The average molecular weight is 159 g/mol. The maximum Gasteiger partial charge on any atom is 0.0526 e. The summed E-state index contributed by atoms with van der Waals surface area (Å²) in [6.45, 7) is 10.5. The first-order chi connectivity index (χ1) is 5.11. The molecule has 0 heterocycles. The van der Waals surface area contributed by atoms with Crippen LogP contribution in [0.5, 0.6) is 0 Å². The van der Waals surface area contributed by atoms with Crippen molar-refractivity contribution in [3.05, 3.63) is 0 Å². The number of nitrogens with zero attached hydrogens (tertiary/aromatic N) is 1. The summed E-state index contributed by atoms with van der Waals surface area (Å²) in [5, 5.41) is 9.14. The summed E-state index contributed by atoms with van der Waals surface area (Å²) in [5.41, 5.74) is 0. The Hall–Kier alpha value is -0.0800. The molecule has 0 aliphatic heterocycles. The Kier molecular flexibility index (Phi) is 5.51. The predicted molar refractivity (Wildman–Crippen MR) is 48.7 cm³/mol. The molecule has 0 aromatic carbocycles. The van der Waals surface area contributed by atoms with E-state index in [4.69, 9.17) is 5.11 Å². The first kappa shape index (κ1) is 10.9. The average Bonchev–Trinajstić information content (AvgIpc) is 1.88. The van der Waals surface area contributed by atoms with Crippen LogP contribution >= 0.6 is 0 Å². The van der Waals surface area contributed by atoms with Gasteiger partial charge in [0.2, 0.25) is 0 Å². The van der Waals surface area contributed by atoms with Crippen molar-refractivity contribution in [3.63, 3.8) is 0 Å². The topological polar surface area (TPSA) is 23.5 Å². The Morgan fingerprint density at radius 2 is 1.64 bits per heavy atom. The molecule has 0 aromatic rings. The number of hydrogen-bond donors (Lipinski definition) is 1. The molecule has 0 aliphatic rings. The Morgan fingerprint density at radius 3 is 1.91 bits per heavy atom. The first-order valence-electron chi connectivity index (χ1n) is 4.53. The van der Waals surface area contributed by atoms with Crippen LogP contribution in [0.1, 0.15) is 34.1 Å².